The molecule has 0 saturated heterocycles. The summed E-state index contributed by atoms with van der Waals surface area (Å²) in [6.45, 7) is 8.34. The van der Waals surface area contributed by atoms with Crippen LogP contribution in [0.15, 0.2) is 55.1 Å². The van der Waals surface area contributed by atoms with Crippen molar-refractivity contribution in [2.45, 2.75) is 46.6 Å². The number of carbonyl (C=O) groups is 1. The Hall–Kier alpha value is -3.19. The van der Waals surface area contributed by atoms with Crippen LogP contribution in [0, 0.1) is 13.8 Å². The Morgan fingerprint density at radius 2 is 1.88 bits per heavy atom. The highest BCUT2D eigenvalue weighted by Gasteiger charge is 2.22. The van der Waals surface area contributed by atoms with Gasteiger partial charge >= 0.3 is 0 Å². The summed E-state index contributed by atoms with van der Waals surface area (Å²) in [5.74, 6) is 0.744. The number of imidazole rings is 1. The van der Waals surface area contributed by atoms with E-state index in [1.54, 1.807) is 23.9 Å². The van der Waals surface area contributed by atoms with Crippen LogP contribution >= 0.6 is 11.3 Å². The molecule has 2 aromatic heterocycles. The van der Waals surface area contributed by atoms with E-state index in [1.807, 2.05) is 39.9 Å². The van der Waals surface area contributed by atoms with Gasteiger partial charge in [-0.3, -0.25) is 9.69 Å². The second-order valence-corrected chi connectivity index (χ2v) is 9.19. The zero-order chi connectivity index (χ0) is 23.2. The van der Waals surface area contributed by atoms with Gasteiger partial charge in [-0.2, -0.15) is 0 Å². The lowest BCUT2D eigenvalue weighted by atomic mass is 10.1. The molecule has 0 fully saturated rings. The predicted molar refractivity (Wildman–Crippen MR) is 134 cm³/mol. The first-order chi connectivity index (χ1) is 16.1. The van der Waals surface area contributed by atoms with Crippen molar-refractivity contribution >= 4 is 32.6 Å². The Morgan fingerprint density at radius 3 is 2.58 bits per heavy atom. The maximum Gasteiger partial charge on any atom is 0.260 e. The van der Waals surface area contributed by atoms with E-state index < -0.39 is 0 Å². The second-order valence-electron chi connectivity index (χ2n) is 8.21. The van der Waals surface area contributed by atoms with Gasteiger partial charge < -0.3 is 9.30 Å². The van der Waals surface area contributed by atoms with Gasteiger partial charge in [-0.1, -0.05) is 36.8 Å². The molecule has 7 heteroatoms. The SMILES string of the molecule is CCCCOc1ccc(C(=O)N(CCCn2ccnc2)c2nc3c(C)ccc(C)c3s2)cc1. The van der Waals surface area contributed by atoms with Crippen molar-refractivity contribution in [1.82, 2.24) is 14.5 Å². The van der Waals surface area contributed by atoms with Gasteiger partial charge in [0.05, 0.1) is 23.2 Å². The Morgan fingerprint density at radius 1 is 1.09 bits per heavy atom. The summed E-state index contributed by atoms with van der Waals surface area (Å²) in [6.07, 6.45) is 8.41. The highest BCUT2D eigenvalue weighted by Crippen LogP contribution is 2.34. The van der Waals surface area contributed by atoms with Crippen LogP contribution in [0.1, 0.15) is 47.7 Å². The van der Waals surface area contributed by atoms with Gasteiger partial charge in [0, 0.05) is 31.0 Å². The minimum Gasteiger partial charge on any atom is -0.494 e. The maximum absolute atomic E-state index is 13.6. The number of hydrogen-bond acceptors (Lipinski definition) is 5. The van der Waals surface area contributed by atoms with Gasteiger partial charge in [-0.15, -0.1) is 0 Å². The fourth-order valence-corrected chi connectivity index (χ4v) is 4.80. The van der Waals surface area contributed by atoms with Crippen molar-refractivity contribution < 1.29 is 9.53 Å². The largest absolute Gasteiger partial charge is 0.494 e. The maximum atomic E-state index is 13.6. The number of carbonyl (C=O) groups excluding carboxylic acids is 1. The van der Waals surface area contributed by atoms with E-state index in [2.05, 4.69) is 37.9 Å². The van der Waals surface area contributed by atoms with E-state index in [1.165, 1.54) is 5.56 Å². The first-order valence-electron chi connectivity index (χ1n) is 11.4. The average molecular weight is 463 g/mol. The highest BCUT2D eigenvalue weighted by molar-refractivity contribution is 7.22. The molecule has 4 aromatic rings. The molecule has 4 rings (SSSR count). The van der Waals surface area contributed by atoms with E-state index in [9.17, 15) is 4.79 Å². The van der Waals surface area contributed by atoms with Crippen LogP contribution in [0.4, 0.5) is 5.13 Å². The molecule has 2 aromatic carbocycles. The van der Waals surface area contributed by atoms with Crippen molar-refractivity contribution in [3.63, 3.8) is 0 Å². The molecule has 6 nitrogen and oxygen atoms in total. The Balaban J connectivity index is 1.58. The number of aryl methyl sites for hydroxylation is 3. The fourth-order valence-electron chi connectivity index (χ4n) is 3.66. The molecule has 0 saturated carbocycles. The molecule has 0 aliphatic heterocycles. The molecule has 0 unspecified atom stereocenters. The highest BCUT2D eigenvalue weighted by atomic mass is 32.1. The van der Waals surface area contributed by atoms with Crippen molar-refractivity contribution in [3.05, 3.63) is 71.8 Å². The van der Waals surface area contributed by atoms with E-state index in [4.69, 9.17) is 9.72 Å². The van der Waals surface area contributed by atoms with Crippen molar-refractivity contribution in [2.24, 2.45) is 0 Å². The normalized spacial score (nSPS) is 11.1. The lowest BCUT2D eigenvalue weighted by Crippen LogP contribution is -2.32. The molecule has 2 heterocycles. The lowest BCUT2D eigenvalue weighted by molar-refractivity contribution is 0.0986. The van der Waals surface area contributed by atoms with Gasteiger partial charge in [0.2, 0.25) is 0 Å². The minimum atomic E-state index is -0.0462. The van der Waals surface area contributed by atoms with Gasteiger partial charge in [0.1, 0.15) is 5.75 Å². The standard InChI is InChI=1S/C26H30N4O2S/c1-4-5-17-32-22-11-9-21(10-12-22)25(31)30(15-6-14-29-16-13-27-18-29)26-28-23-19(2)7-8-20(3)24(23)33-26/h7-13,16,18H,4-6,14-15,17H2,1-3H3. The van der Waals surface area contributed by atoms with E-state index in [0.29, 0.717) is 18.7 Å². The van der Waals surface area contributed by atoms with E-state index >= 15 is 0 Å². The summed E-state index contributed by atoms with van der Waals surface area (Å²) in [5, 5.41) is 0.737. The van der Waals surface area contributed by atoms with E-state index in [-0.39, 0.29) is 5.91 Å². The zero-order valence-corrected chi connectivity index (χ0v) is 20.3. The number of rotatable bonds is 10. The van der Waals surface area contributed by atoms with Crippen LogP contribution in [0.2, 0.25) is 0 Å². The number of anilines is 1. The number of thiazole rings is 1. The Labute approximate surface area is 198 Å². The van der Waals surface area contributed by atoms with Crippen LogP contribution < -0.4 is 9.64 Å². The molecule has 33 heavy (non-hydrogen) atoms. The third-order valence-corrected chi connectivity index (χ3v) is 6.85. The van der Waals surface area contributed by atoms with Crippen LogP contribution in [-0.2, 0) is 6.54 Å². The molecule has 0 atom stereocenters. The van der Waals surface area contributed by atoms with Crippen LogP contribution in [0.25, 0.3) is 10.2 Å². The van der Waals surface area contributed by atoms with Gasteiger partial charge in [-0.05, 0) is 62.1 Å². The first kappa shape index (κ1) is 23.0. The molecule has 0 bridgehead atoms. The summed E-state index contributed by atoms with van der Waals surface area (Å²) in [5.41, 5.74) is 3.91. The number of unbranched alkanes of at least 4 members (excludes halogenated alkanes) is 1. The predicted octanol–water partition coefficient (Wildman–Crippen LogP) is 6.03. The third-order valence-electron chi connectivity index (χ3n) is 5.63. The summed E-state index contributed by atoms with van der Waals surface area (Å²) in [6, 6.07) is 11.6. The molecular weight excluding hydrogens is 432 g/mol. The second kappa shape index (κ2) is 10.6. The van der Waals surface area contributed by atoms with Crippen molar-refractivity contribution in [2.75, 3.05) is 18.1 Å². The molecule has 0 aliphatic rings. The van der Waals surface area contributed by atoms with Crippen LogP contribution in [-0.4, -0.2) is 33.6 Å². The summed E-state index contributed by atoms with van der Waals surface area (Å²) in [7, 11) is 0. The number of nitrogens with zero attached hydrogens (tertiary/aromatic N) is 4. The topological polar surface area (TPSA) is 60.2 Å². The zero-order valence-electron chi connectivity index (χ0n) is 19.5. The van der Waals surface area contributed by atoms with Crippen LogP contribution in [0.3, 0.4) is 0 Å². The van der Waals surface area contributed by atoms with Crippen molar-refractivity contribution in [3.8, 4) is 5.75 Å². The van der Waals surface area contributed by atoms with Crippen molar-refractivity contribution in [1.29, 1.82) is 0 Å². The van der Waals surface area contributed by atoms with Gasteiger partial charge in [0.15, 0.2) is 5.13 Å². The molecule has 0 aliphatic carbocycles. The number of fused-ring (bicyclic) bond motifs is 1. The van der Waals surface area contributed by atoms with Gasteiger partial charge in [0.25, 0.3) is 5.91 Å². The Kier molecular flexibility index (Phi) is 7.40. The van der Waals surface area contributed by atoms with Gasteiger partial charge in [-0.25, -0.2) is 9.97 Å². The Bertz CT molecular complexity index is 1160. The summed E-state index contributed by atoms with van der Waals surface area (Å²) >= 11 is 1.58. The van der Waals surface area contributed by atoms with Crippen LogP contribution in [0.5, 0.6) is 5.75 Å². The van der Waals surface area contributed by atoms with E-state index in [0.717, 1.165) is 52.5 Å². The molecule has 0 radical (unpaired) electrons. The molecule has 172 valence electrons. The number of amides is 1. The number of benzene rings is 2. The number of aromatic nitrogens is 3. The molecular formula is C26H30N4O2S. The quantitative estimate of drug-likeness (QED) is 0.270. The third kappa shape index (κ3) is 5.42. The minimum absolute atomic E-state index is 0.0462. The number of ether oxygens (including phenoxy) is 1. The fraction of sp³-hybridized carbons (Fsp3) is 0.346. The smallest absolute Gasteiger partial charge is 0.260 e. The lowest BCUT2D eigenvalue weighted by Gasteiger charge is -2.20. The first-order valence-corrected chi connectivity index (χ1v) is 12.3. The molecule has 0 spiro atoms. The summed E-state index contributed by atoms with van der Waals surface area (Å²) in [4.78, 5) is 24.4. The molecule has 0 N–H and O–H groups in total. The average Bonchev–Trinajstić information content (AvgIpc) is 3.50. The molecule has 1 amide bonds. The monoisotopic (exact) mass is 462 g/mol. The summed E-state index contributed by atoms with van der Waals surface area (Å²) < 4.78 is 8.92. The number of hydrogen-bond donors (Lipinski definition) is 0.